The minimum absolute atomic E-state index is 0.0639. The third-order valence-electron chi connectivity index (χ3n) is 6.25. The van der Waals surface area contributed by atoms with E-state index in [0.29, 0.717) is 18.4 Å². The summed E-state index contributed by atoms with van der Waals surface area (Å²) in [5.74, 6) is 2.33. The van der Waals surface area contributed by atoms with E-state index in [-0.39, 0.29) is 17.7 Å². The number of likely N-dealkylation sites (tertiary alicyclic amines) is 1. The topological polar surface area (TPSA) is 49.4 Å². The molecular weight excluding hydrogens is 320 g/mol. The highest BCUT2D eigenvalue weighted by Crippen LogP contribution is 2.49. The molecular formula is C19H26N2O2S. The first-order valence-corrected chi connectivity index (χ1v) is 10.2. The van der Waals surface area contributed by atoms with Gasteiger partial charge < -0.3 is 10.2 Å². The quantitative estimate of drug-likeness (QED) is 0.911. The standard InChI is InChI=1S/C19H26N2O2S/c22-18(20-12-16-2-1-9-24-16)14-5-7-21(8-6-14)19(23)17-11-13-3-4-15(17)10-13/h1-2,9,13-15,17H,3-8,10-12H2,(H,20,22). The van der Waals surface area contributed by atoms with Gasteiger partial charge in [0.15, 0.2) is 0 Å². The fourth-order valence-corrected chi connectivity index (χ4v) is 5.52. The summed E-state index contributed by atoms with van der Waals surface area (Å²) < 4.78 is 0. The second kappa shape index (κ2) is 6.87. The van der Waals surface area contributed by atoms with Gasteiger partial charge in [-0.3, -0.25) is 9.59 Å². The third kappa shape index (κ3) is 3.23. The first-order chi connectivity index (χ1) is 11.7. The molecule has 0 spiro atoms. The van der Waals surface area contributed by atoms with Gasteiger partial charge in [0, 0.05) is 29.8 Å². The molecule has 0 aromatic carbocycles. The second-order valence-electron chi connectivity index (χ2n) is 7.68. The van der Waals surface area contributed by atoms with Gasteiger partial charge in [0.2, 0.25) is 11.8 Å². The van der Waals surface area contributed by atoms with Crippen molar-refractivity contribution in [1.29, 1.82) is 0 Å². The van der Waals surface area contributed by atoms with E-state index < -0.39 is 0 Å². The fourth-order valence-electron chi connectivity index (χ4n) is 4.88. The molecule has 2 bridgehead atoms. The van der Waals surface area contributed by atoms with Crippen LogP contribution in [-0.4, -0.2) is 29.8 Å². The fraction of sp³-hybridized carbons (Fsp3) is 0.684. The molecule has 2 saturated carbocycles. The maximum Gasteiger partial charge on any atom is 0.225 e. The first kappa shape index (κ1) is 16.1. The summed E-state index contributed by atoms with van der Waals surface area (Å²) in [5.41, 5.74) is 0. The molecule has 3 atom stereocenters. The Kier molecular flexibility index (Phi) is 4.61. The predicted molar refractivity (Wildman–Crippen MR) is 94.4 cm³/mol. The van der Waals surface area contributed by atoms with Crippen LogP contribution >= 0.6 is 11.3 Å². The number of thiophene rings is 1. The molecule has 0 radical (unpaired) electrons. The number of carbonyl (C=O) groups excluding carboxylic acids is 2. The van der Waals surface area contributed by atoms with Gasteiger partial charge in [-0.25, -0.2) is 0 Å². The van der Waals surface area contributed by atoms with Crippen molar-refractivity contribution >= 4 is 23.2 Å². The zero-order chi connectivity index (χ0) is 16.5. The van der Waals surface area contributed by atoms with E-state index in [1.54, 1.807) is 11.3 Å². The number of hydrogen-bond donors (Lipinski definition) is 1. The number of nitrogens with zero attached hydrogens (tertiary/aromatic N) is 1. The van der Waals surface area contributed by atoms with Gasteiger partial charge in [-0.05, 0) is 55.4 Å². The smallest absolute Gasteiger partial charge is 0.225 e. The van der Waals surface area contributed by atoms with Gasteiger partial charge in [-0.15, -0.1) is 11.3 Å². The monoisotopic (exact) mass is 346 g/mol. The Morgan fingerprint density at radius 3 is 2.62 bits per heavy atom. The van der Waals surface area contributed by atoms with Crippen LogP contribution in [0.25, 0.3) is 0 Å². The number of hydrogen-bond acceptors (Lipinski definition) is 3. The van der Waals surface area contributed by atoms with Crippen molar-refractivity contribution < 1.29 is 9.59 Å². The molecule has 1 aliphatic heterocycles. The maximum atomic E-state index is 12.8. The molecule has 1 aromatic rings. The summed E-state index contributed by atoms with van der Waals surface area (Å²) in [6, 6.07) is 4.05. The van der Waals surface area contributed by atoms with Gasteiger partial charge in [0.25, 0.3) is 0 Å². The number of nitrogens with one attached hydrogen (secondary N) is 1. The molecule has 3 unspecified atom stereocenters. The Labute approximate surface area is 147 Å². The lowest BCUT2D eigenvalue weighted by Gasteiger charge is -2.34. The van der Waals surface area contributed by atoms with E-state index >= 15 is 0 Å². The van der Waals surface area contributed by atoms with Gasteiger partial charge in [0.1, 0.15) is 0 Å². The zero-order valence-corrected chi connectivity index (χ0v) is 14.9. The highest BCUT2D eigenvalue weighted by Gasteiger charge is 2.44. The van der Waals surface area contributed by atoms with Crippen LogP contribution in [0.5, 0.6) is 0 Å². The molecule has 3 fully saturated rings. The first-order valence-electron chi connectivity index (χ1n) is 9.29. The average molecular weight is 346 g/mol. The SMILES string of the molecule is O=C(NCc1cccs1)C1CCN(C(=O)C2CC3CCC2C3)CC1. The maximum absolute atomic E-state index is 12.8. The highest BCUT2D eigenvalue weighted by molar-refractivity contribution is 7.09. The Bertz CT molecular complexity index is 593. The van der Waals surface area contributed by atoms with Gasteiger partial charge >= 0.3 is 0 Å². The Morgan fingerprint density at radius 2 is 2.00 bits per heavy atom. The molecule has 4 rings (SSSR count). The minimum atomic E-state index is 0.0639. The number of rotatable bonds is 4. The van der Waals surface area contributed by atoms with Crippen LogP contribution in [0.3, 0.4) is 0 Å². The summed E-state index contributed by atoms with van der Waals surface area (Å²) in [6.07, 6.45) is 6.60. The van der Waals surface area contributed by atoms with E-state index in [9.17, 15) is 9.59 Å². The van der Waals surface area contributed by atoms with Crippen LogP contribution in [0.2, 0.25) is 0 Å². The normalized spacial score (nSPS) is 29.8. The lowest BCUT2D eigenvalue weighted by Crippen LogP contribution is -2.45. The summed E-state index contributed by atoms with van der Waals surface area (Å²) in [4.78, 5) is 28.3. The summed E-state index contributed by atoms with van der Waals surface area (Å²) in [6.45, 7) is 2.13. The molecule has 1 aromatic heterocycles. The molecule has 3 aliphatic rings. The van der Waals surface area contributed by atoms with Crippen LogP contribution in [0.15, 0.2) is 17.5 Å². The number of piperidine rings is 1. The Morgan fingerprint density at radius 1 is 1.17 bits per heavy atom. The van der Waals surface area contributed by atoms with E-state index in [1.807, 2.05) is 22.4 Å². The minimum Gasteiger partial charge on any atom is -0.351 e. The lowest BCUT2D eigenvalue weighted by molar-refractivity contribution is -0.140. The Hall–Kier alpha value is -1.36. The molecule has 4 nitrogen and oxygen atoms in total. The van der Waals surface area contributed by atoms with E-state index in [1.165, 1.54) is 24.1 Å². The van der Waals surface area contributed by atoms with Crippen LogP contribution in [-0.2, 0) is 16.1 Å². The molecule has 1 N–H and O–H groups in total. The van der Waals surface area contributed by atoms with Gasteiger partial charge in [0.05, 0.1) is 6.54 Å². The van der Waals surface area contributed by atoms with Crippen LogP contribution in [0.4, 0.5) is 0 Å². The van der Waals surface area contributed by atoms with Gasteiger partial charge in [-0.1, -0.05) is 12.5 Å². The summed E-state index contributed by atoms with van der Waals surface area (Å²) in [5, 5.41) is 5.07. The molecule has 1 saturated heterocycles. The van der Waals surface area contributed by atoms with Crippen molar-refractivity contribution in [3.8, 4) is 0 Å². The molecule has 2 heterocycles. The number of fused-ring (bicyclic) bond motifs is 2. The Balaban J connectivity index is 1.24. The molecule has 24 heavy (non-hydrogen) atoms. The molecule has 130 valence electrons. The van der Waals surface area contributed by atoms with Gasteiger partial charge in [-0.2, -0.15) is 0 Å². The van der Waals surface area contributed by atoms with E-state index in [4.69, 9.17) is 0 Å². The van der Waals surface area contributed by atoms with Crippen molar-refractivity contribution in [1.82, 2.24) is 10.2 Å². The van der Waals surface area contributed by atoms with Crippen molar-refractivity contribution in [2.24, 2.45) is 23.7 Å². The molecule has 2 aliphatic carbocycles. The molecule has 2 amide bonds. The second-order valence-corrected chi connectivity index (χ2v) is 8.71. The summed E-state index contributed by atoms with van der Waals surface area (Å²) in [7, 11) is 0. The van der Waals surface area contributed by atoms with Crippen molar-refractivity contribution in [3.63, 3.8) is 0 Å². The predicted octanol–water partition coefficient (Wildman–Crippen LogP) is 3.04. The summed E-state index contributed by atoms with van der Waals surface area (Å²) >= 11 is 1.67. The van der Waals surface area contributed by atoms with E-state index in [2.05, 4.69) is 5.32 Å². The van der Waals surface area contributed by atoms with Crippen LogP contribution in [0.1, 0.15) is 43.4 Å². The van der Waals surface area contributed by atoms with Crippen LogP contribution < -0.4 is 5.32 Å². The number of carbonyl (C=O) groups is 2. The number of amides is 2. The van der Waals surface area contributed by atoms with Crippen molar-refractivity contribution in [2.45, 2.75) is 45.1 Å². The third-order valence-corrected chi connectivity index (χ3v) is 7.13. The largest absolute Gasteiger partial charge is 0.351 e. The average Bonchev–Trinajstić information content (AvgIpc) is 3.36. The van der Waals surface area contributed by atoms with Crippen molar-refractivity contribution in [2.75, 3.05) is 13.1 Å². The van der Waals surface area contributed by atoms with E-state index in [0.717, 1.165) is 38.3 Å². The molecule has 5 heteroatoms. The highest BCUT2D eigenvalue weighted by atomic mass is 32.1. The van der Waals surface area contributed by atoms with Crippen LogP contribution in [0, 0.1) is 23.7 Å². The zero-order valence-electron chi connectivity index (χ0n) is 14.1. The lowest BCUT2D eigenvalue weighted by atomic mass is 9.86. The van der Waals surface area contributed by atoms with Crippen molar-refractivity contribution in [3.05, 3.63) is 22.4 Å².